The van der Waals surface area contributed by atoms with Crippen LogP contribution < -0.4 is 0 Å². The van der Waals surface area contributed by atoms with Crippen molar-refractivity contribution >= 4 is 5.91 Å². The molecule has 1 amide bonds. The average Bonchev–Trinajstić information content (AvgIpc) is 3.06. The number of carbonyl (C=O) groups excluding carboxylic acids is 1. The molecule has 4 rings (SSSR count). The average molecular weight is 384 g/mol. The zero-order valence-electron chi connectivity index (χ0n) is 16.9. The maximum atomic E-state index is 13.2. The Morgan fingerprint density at radius 3 is 2.61 bits per heavy atom. The molecule has 0 N–H and O–H groups in total. The summed E-state index contributed by atoms with van der Waals surface area (Å²) in [5, 5.41) is 4.04. The van der Waals surface area contributed by atoms with Crippen LogP contribution in [0.15, 0.2) is 10.6 Å². The summed E-state index contributed by atoms with van der Waals surface area (Å²) in [6.07, 6.45) is 4.72. The Balaban J connectivity index is 1.67. The highest BCUT2D eigenvalue weighted by Crippen LogP contribution is 2.34. The van der Waals surface area contributed by atoms with Gasteiger partial charge < -0.3 is 14.2 Å². The van der Waals surface area contributed by atoms with Crippen LogP contribution in [0.4, 0.5) is 0 Å². The molecule has 7 heteroatoms. The van der Waals surface area contributed by atoms with Crippen molar-refractivity contribution < 1.29 is 14.1 Å². The predicted molar refractivity (Wildman–Crippen MR) is 104 cm³/mol. The van der Waals surface area contributed by atoms with Gasteiger partial charge in [0.25, 0.3) is 0 Å². The number of piperidine rings is 1. The number of ether oxygens (including phenoxy) is 1. The van der Waals surface area contributed by atoms with Gasteiger partial charge in [0.15, 0.2) is 5.82 Å². The van der Waals surface area contributed by atoms with Crippen LogP contribution in [0.1, 0.15) is 61.0 Å². The molecular weight excluding hydrogens is 356 g/mol. The second-order valence-electron chi connectivity index (χ2n) is 7.89. The molecule has 2 aromatic heterocycles. The summed E-state index contributed by atoms with van der Waals surface area (Å²) in [5.74, 6) is 1.67. The molecule has 28 heavy (non-hydrogen) atoms. The van der Waals surface area contributed by atoms with Gasteiger partial charge in [-0.1, -0.05) is 5.16 Å². The summed E-state index contributed by atoms with van der Waals surface area (Å²) >= 11 is 0. The van der Waals surface area contributed by atoms with Crippen LogP contribution in [0.5, 0.6) is 0 Å². The van der Waals surface area contributed by atoms with E-state index < -0.39 is 0 Å². The third-order valence-electron chi connectivity index (χ3n) is 5.83. The molecule has 0 aromatic carbocycles. The van der Waals surface area contributed by atoms with Crippen molar-refractivity contribution in [3.63, 3.8) is 0 Å². The molecule has 7 nitrogen and oxygen atoms in total. The molecule has 0 saturated carbocycles. The highest BCUT2D eigenvalue weighted by molar-refractivity contribution is 5.79. The van der Waals surface area contributed by atoms with E-state index in [0.29, 0.717) is 24.8 Å². The quantitative estimate of drug-likeness (QED) is 0.805. The number of rotatable bonds is 3. The summed E-state index contributed by atoms with van der Waals surface area (Å²) in [6.45, 7) is 7.90. The predicted octanol–water partition coefficient (Wildman–Crippen LogP) is 3.54. The Hall–Kier alpha value is -2.28. The van der Waals surface area contributed by atoms with Crippen molar-refractivity contribution in [1.29, 1.82) is 0 Å². The minimum Gasteiger partial charge on any atom is -0.381 e. The molecule has 2 aliphatic heterocycles. The molecule has 0 aliphatic carbocycles. The maximum absolute atomic E-state index is 13.2. The van der Waals surface area contributed by atoms with Gasteiger partial charge in [-0.2, -0.15) is 0 Å². The van der Waals surface area contributed by atoms with Gasteiger partial charge in [0.1, 0.15) is 5.76 Å². The van der Waals surface area contributed by atoms with Gasteiger partial charge >= 0.3 is 0 Å². The molecule has 2 saturated heterocycles. The van der Waals surface area contributed by atoms with E-state index in [0.717, 1.165) is 61.3 Å². The van der Waals surface area contributed by atoms with E-state index in [1.54, 1.807) is 0 Å². The monoisotopic (exact) mass is 384 g/mol. The lowest BCUT2D eigenvalue weighted by molar-refractivity contribution is -0.142. The molecule has 0 bridgehead atoms. The van der Waals surface area contributed by atoms with Crippen molar-refractivity contribution in [1.82, 2.24) is 20.0 Å². The largest absolute Gasteiger partial charge is 0.381 e. The SMILES string of the molecule is Cc1cc([C@@H]2CCCCN2C(=O)C2CCOCC2)nc(-c2c(C)noc2C)n1. The molecule has 0 unspecified atom stereocenters. The first kappa shape index (κ1) is 19.1. The fourth-order valence-electron chi connectivity index (χ4n) is 4.36. The number of likely N-dealkylation sites (tertiary alicyclic amines) is 1. The zero-order valence-corrected chi connectivity index (χ0v) is 16.9. The number of hydrogen-bond donors (Lipinski definition) is 0. The van der Waals surface area contributed by atoms with Crippen molar-refractivity contribution in [3.05, 3.63) is 28.9 Å². The van der Waals surface area contributed by atoms with Gasteiger partial charge in [0.2, 0.25) is 5.91 Å². The number of amides is 1. The van der Waals surface area contributed by atoms with Gasteiger partial charge in [-0.15, -0.1) is 0 Å². The van der Waals surface area contributed by atoms with Crippen molar-refractivity contribution in [3.8, 4) is 11.4 Å². The van der Waals surface area contributed by atoms with Gasteiger partial charge in [-0.25, -0.2) is 9.97 Å². The van der Waals surface area contributed by atoms with Gasteiger partial charge in [0, 0.05) is 31.4 Å². The van der Waals surface area contributed by atoms with E-state index >= 15 is 0 Å². The van der Waals surface area contributed by atoms with Crippen LogP contribution in [0.2, 0.25) is 0 Å². The molecule has 2 aliphatic rings. The fourth-order valence-corrected chi connectivity index (χ4v) is 4.36. The first-order valence-corrected chi connectivity index (χ1v) is 10.2. The van der Waals surface area contributed by atoms with E-state index in [4.69, 9.17) is 14.2 Å². The Kier molecular flexibility index (Phi) is 5.44. The summed E-state index contributed by atoms with van der Waals surface area (Å²) in [4.78, 5) is 24.8. The summed E-state index contributed by atoms with van der Waals surface area (Å²) in [6, 6.07) is 2.02. The minimum absolute atomic E-state index is 0.00465. The standard InChI is InChI=1S/C21H28N4O3/c1-13-12-17(23-20(22-13)19-14(2)24-28-15(19)3)18-6-4-5-9-25(18)21(26)16-7-10-27-11-8-16/h12,16,18H,4-11H2,1-3H3/t18-/m0/s1. The summed E-state index contributed by atoms with van der Waals surface area (Å²) in [7, 11) is 0. The third kappa shape index (κ3) is 3.68. The van der Waals surface area contributed by atoms with Crippen LogP contribution in [-0.4, -0.2) is 45.7 Å². The number of aryl methyl sites for hydroxylation is 3. The van der Waals surface area contributed by atoms with Crippen LogP contribution >= 0.6 is 0 Å². The molecule has 4 heterocycles. The Morgan fingerprint density at radius 2 is 1.89 bits per heavy atom. The Morgan fingerprint density at radius 1 is 1.11 bits per heavy atom. The highest BCUT2D eigenvalue weighted by atomic mass is 16.5. The van der Waals surface area contributed by atoms with Gasteiger partial charge in [-0.05, 0) is 58.9 Å². The molecule has 2 aromatic rings. The second-order valence-corrected chi connectivity index (χ2v) is 7.89. The molecular formula is C21H28N4O3. The second kappa shape index (κ2) is 7.99. The minimum atomic E-state index is 0.00465. The highest BCUT2D eigenvalue weighted by Gasteiger charge is 2.34. The Bertz CT molecular complexity index is 838. The van der Waals surface area contributed by atoms with E-state index in [1.807, 2.05) is 26.8 Å². The smallest absolute Gasteiger partial charge is 0.226 e. The topological polar surface area (TPSA) is 81.4 Å². The van der Waals surface area contributed by atoms with E-state index in [9.17, 15) is 4.79 Å². The summed E-state index contributed by atoms with van der Waals surface area (Å²) in [5.41, 5.74) is 3.45. The molecule has 2 fully saturated rings. The van der Waals surface area contributed by atoms with E-state index in [2.05, 4.69) is 15.0 Å². The lowest BCUT2D eigenvalue weighted by Crippen LogP contribution is -2.43. The number of aromatic nitrogens is 3. The van der Waals surface area contributed by atoms with Gasteiger partial charge in [-0.3, -0.25) is 4.79 Å². The number of carbonyl (C=O) groups is 1. The maximum Gasteiger partial charge on any atom is 0.226 e. The first-order valence-electron chi connectivity index (χ1n) is 10.2. The van der Waals surface area contributed by atoms with Crippen LogP contribution in [-0.2, 0) is 9.53 Å². The zero-order chi connectivity index (χ0) is 19.7. The van der Waals surface area contributed by atoms with E-state index in [1.165, 1.54) is 0 Å². The van der Waals surface area contributed by atoms with Crippen LogP contribution in [0, 0.1) is 26.7 Å². The van der Waals surface area contributed by atoms with Crippen LogP contribution in [0.25, 0.3) is 11.4 Å². The number of nitrogens with zero attached hydrogens (tertiary/aromatic N) is 4. The van der Waals surface area contributed by atoms with Crippen molar-refractivity contribution in [2.45, 2.75) is 58.9 Å². The normalized spacial score (nSPS) is 21.1. The first-order chi connectivity index (χ1) is 13.5. The lowest BCUT2D eigenvalue weighted by atomic mass is 9.93. The van der Waals surface area contributed by atoms with Gasteiger partial charge in [0.05, 0.1) is 23.0 Å². The molecule has 0 spiro atoms. The van der Waals surface area contributed by atoms with Crippen LogP contribution in [0.3, 0.4) is 0 Å². The van der Waals surface area contributed by atoms with Crippen molar-refractivity contribution in [2.24, 2.45) is 5.92 Å². The fraction of sp³-hybridized carbons (Fsp3) is 0.619. The summed E-state index contributed by atoms with van der Waals surface area (Å²) < 4.78 is 10.7. The third-order valence-corrected chi connectivity index (χ3v) is 5.83. The molecule has 1 atom stereocenters. The number of hydrogen-bond acceptors (Lipinski definition) is 6. The lowest BCUT2D eigenvalue weighted by Gasteiger charge is -2.38. The Labute approximate surface area is 165 Å². The van der Waals surface area contributed by atoms with Crippen molar-refractivity contribution in [2.75, 3.05) is 19.8 Å². The molecule has 150 valence electrons. The van der Waals surface area contributed by atoms with E-state index in [-0.39, 0.29) is 17.9 Å². The molecule has 0 radical (unpaired) electrons.